The normalized spacial score (nSPS) is 10.5. The number of hydrogen-bond acceptors (Lipinski definition) is 4. The van der Waals surface area contributed by atoms with Gasteiger partial charge in [0.15, 0.2) is 0 Å². The summed E-state index contributed by atoms with van der Waals surface area (Å²) in [6, 6.07) is 25.6. The van der Waals surface area contributed by atoms with E-state index in [9.17, 15) is 4.79 Å². The summed E-state index contributed by atoms with van der Waals surface area (Å²) in [4.78, 5) is 12.5. The Labute approximate surface area is 203 Å². The minimum absolute atomic E-state index is 0.126. The third-order valence-corrected chi connectivity index (χ3v) is 5.42. The number of aryl methyl sites for hydroxylation is 1. The SMILES string of the molecule is CCCCCCOc1cccc(NC(=O)CNc2ccccc2OCCCc2ccccc2)c1. The third-order valence-electron chi connectivity index (χ3n) is 5.42. The van der Waals surface area contributed by atoms with Crippen molar-refractivity contribution in [3.8, 4) is 11.5 Å². The van der Waals surface area contributed by atoms with Gasteiger partial charge in [0.25, 0.3) is 0 Å². The van der Waals surface area contributed by atoms with Gasteiger partial charge in [0.05, 0.1) is 25.4 Å². The topological polar surface area (TPSA) is 59.6 Å². The van der Waals surface area contributed by atoms with Gasteiger partial charge >= 0.3 is 0 Å². The summed E-state index contributed by atoms with van der Waals surface area (Å²) in [5, 5.41) is 6.12. The van der Waals surface area contributed by atoms with Gasteiger partial charge in [-0.2, -0.15) is 0 Å². The quantitative estimate of drug-likeness (QED) is 0.248. The van der Waals surface area contributed by atoms with Gasteiger partial charge in [-0.1, -0.05) is 74.7 Å². The van der Waals surface area contributed by atoms with E-state index in [1.807, 2.05) is 54.6 Å². The third kappa shape index (κ3) is 9.18. The van der Waals surface area contributed by atoms with Crippen molar-refractivity contribution in [2.75, 3.05) is 30.4 Å². The average Bonchev–Trinajstić information content (AvgIpc) is 2.87. The highest BCUT2D eigenvalue weighted by Crippen LogP contribution is 2.24. The maximum atomic E-state index is 12.5. The van der Waals surface area contributed by atoms with Crippen LogP contribution in [-0.4, -0.2) is 25.7 Å². The lowest BCUT2D eigenvalue weighted by atomic mass is 10.1. The van der Waals surface area contributed by atoms with Crippen LogP contribution in [0.25, 0.3) is 0 Å². The van der Waals surface area contributed by atoms with Crippen LogP contribution in [-0.2, 0) is 11.2 Å². The highest BCUT2D eigenvalue weighted by molar-refractivity contribution is 5.94. The Kier molecular flexibility index (Phi) is 10.8. The fourth-order valence-corrected chi connectivity index (χ4v) is 3.60. The Balaban J connectivity index is 1.42. The Hall–Kier alpha value is -3.47. The van der Waals surface area contributed by atoms with Crippen LogP contribution in [0.5, 0.6) is 11.5 Å². The molecular formula is C29H36N2O3. The number of anilines is 2. The number of carbonyl (C=O) groups excluding carboxylic acids is 1. The van der Waals surface area contributed by atoms with E-state index in [4.69, 9.17) is 9.47 Å². The summed E-state index contributed by atoms with van der Waals surface area (Å²) < 4.78 is 11.8. The summed E-state index contributed by atoms with van der Waals surface area (Å²) in [5.74, 6) is 1.40. The fourth-order valence-electron chi connectivity index (χ4n) is 3.60. The Morgan fingerprint density at radius 1 is 0.794 bits per heavy atom. The van der Waals surface area contributed by atoms with E-state index < -0.39 is 0 Å². The van der Waals surface area contributed by atoms with Crippen LogP contribution in [0.2, 0.25) is 0 Å². The Bertz CT molecular complexity index is 991. The maximum absolute atomic E-state index is 12.5. The molecule has 3 aromatic rings. The second-order valence-corrected chi connectivity index (χ2v) is 8.27. The van der Waals surface area contributed by atoms with E-state index in [1.165, 1.54) is 24.8 Å². The molecule has 0 aliphatic rings. The maximum Gasteiger partial charge on any atom is 0.243 e. The van der Waals surface area contributed by atoms with Crippen molar-refractivity contribution in [2.45, 2.75) is 45.4 Å². The molecule has 0 aromatic heterocycles. The zero-order chi connectivity index (χ0) is 23.8. The minimum Gasteiger partial charge on any atom is -0.494 e. The molecule has 3 rings (SSSR count). The van der Waals surface area contributed by atoms with E-state index in [0.29, 0.717) is 13.2 Å². The highest BCUT2D eigenvalue weighted by Gasteiger charge is 2.07. The molecular weight excluding hydrogens is 424 g/mol. The molecule has 0 unspecified atom stereocenters. The second-order valence-electron chi connectivity index (χ2n) is 8.27. The number of carbonyl (C=O) groups is 1. The van der Waals surface area contributed by atoms with Gasteiger partial charge in [-0.3, -0.25) is 4.79 Å². The van der Waals surface area contributed by atoms with Crippen LogP contribution in [0.15, 0.2) is 78.9 Å². The molecule has 0 bridgehead atoms. The molecule has 0 aliphatic carbocycles. The smallest absolute Gasteiger partial charge is 0.243 e. The predicted molar refractivity (Wildman–Crippen MR) is 140 cm³/mol. The molecule has 0 spiro atoms. The number of hydrogen-bond donors (Lipinski definition) is 2. The lowest BCUT2D eigenvalue weighted by Crippen LogP contribution is -2.22. The van der Waals surface area contributed by atoms with Crippen LogP contribution in [0.4, 0.5) is 11.4 Å². The van der Waals surface area contributed by atoms with Crippen molar-refractivity contribution >= 4 is 17.3 Å². The standard InChI is InChI=1S/C29H36N2O3/c1-2-3-4-10-20-33-26-17-11-16-25(22-26)31-29(32)23-30-27-18-8-9-19-28(27)34-21-12-15-24-13-6-5-7-14-24/h5-9,11,13-14,16-19,22,30H,2-4,10,12,15,20-21,23H2,1H3,(H,31,32). The van der Waals surface area contributed by atoms with Crippen molar-refractivity contribution in [2.24, 2.45) is 0 Å². The van der Waals surface area contributed by atoms with Crippen LogP contribution in [0, 0.1) is 0 Å². The van der Waals surface area contributed by atoms with E-state index >= 15 is 0 Å². The Morgan fingerprint density at radius 2 is 1.59 bits per heavy atom. The number of unbranched alkanes of at least 4 members (excludes halogenated alkanes) is 3. The van der Waals surface area contributed by atoms with Crippen molar-refractivity contribution in [3.63, 3.8) is 0 Å². The zero-order valence-corrected chi connectivity index (χ0v) is 20.1. The summed E-state index contributed by atoms with van der Waals surface area (Å²) in [7, 11) is 0. The van der Waals surface area contributed by atoms with Gasteiger partial charge in [0.2, 0.25) is 5.91 Å². The van der Waals surface area contributed by atoms with Crippen molar-refractivity contribution in [1.82, 2.24) is 0 Å². The molecule has 0 radical (unpaired) electrons. The van der Waals surface area contributed by atoms with Crippen LogP contribution in [0.1, 0.15) is 44.6 Å². The molecule has 34 heavy (non-hydrogen) atoms. The first-order valence-electron chi connectivity index (χ1n) is 12.3. The van der Waals surface area contributed by atoms with Gasteiger partial charge in [-0.25, -0.2) is 0 Å². The van der Waals surface area contributed by atoms with Gasteiger partial charge in [-0.05, 0) is 49.1 Å². The predicted octanol–water partition coefficient (Wildman–Crippen LogP) is 6.71. The zero-order valence-electron chi connectivity index (χ0n) is 20.1. The number of para-hydroxylation sites is 2. The molecule has 3 aromatic carbocycles. The van der Waals surface area contributed by atoms with E-state index in [0.717, 1.165) is 42.1 Å². The number of nitrogens with one attached hydrogen (secondary N) is 2. The van der Waals surface area contributed by atoms with Crippen LogP contribution < -0.4 is 20.1 Å². The first-order chi connectivity index (χ1) is 16.7. The lowest BCUT2D eigenvalue weighted by Gasteiger charge is -2.14. The molecule has 5 nitrogen and oxygen atoms in total. The van der Waals surface area contributed by atoms with Crippen molar-refractivity contribution < 1.29 is 14.3 Å². The summed E-state index contributed by atoms with van der Waals surface area (Å²) in [5.41, 5.74) is 2.84. The van der Waals surface area contributed by atoms with Gasteiger partial charge < -0.3 is 20.1 Å². The number of amides is 1. The summed E-state index contributed by atoms with van der Waals surface area (Å²) in [6.45, 7) is 3.65. The summed E-state index contributed by atoms with van der Waals surface area (Å²) >= 11 is 0. The number of benzene rings is 3. The molecule has 0 saturated carbocycles. The molecule has 2 N–H and O–H groups in total. The molecule has 0 fully saturated rings. The number of rotatable bonds is 15. The van der Waals surface area contributed by atoms with E-state index in [-0.39, 0.29) is 12.5 Å². The molecule has 180 valence electrons. The van der Waals surface area contributed by atoms with Gasteiger partial charge in [-0.15, -0.1) is 0 Å². The molecule has 0 heterocycles. The monoisotopic (exact) mass is 460 g/mol. The Morgan fingerprint density at radius 3 is 2.44 bits per heavy atom. The fraction of sp³-hybridized carbons (Fsp3) is 0.345. The number of ether oxygens (including phenoxy) is 2. The summed E-state index contributed by atoms with van der Waals surface area (Å²) in [6.07, 6.45) is 6.56. The van der Waals surface area contributed by atoms with Crippen molar-refractivity contribution in [3.05, 3.63) is 84.4 Å². The lowest BCUT2D eigenvalue weighted by molar-refractivity contribution is -0.114. The first-order valence-corrected chi connectivity index (χ1v) is 12.3. The molecule has 0 aliphatic heterocycles. The average molecular weight is 461 g/mol. The van der Waals surface area contributed by atoms with E-state index in [2.05, 4.69) is 41.8 Å². The molecule has 1 amide bonds. The van der Waals surface area contributed by atoms with Crippen molar-refractivity contribution in [1.29, 1.82) is 0 Å². The molecule has 5 heteroatoms. The van der Waals surface area contributed by atoms with Crippen LogP contribution in [0.3, 0.4) is 0 Å². The van der Waals surface area contributed by atoms with E-state index in [1.54, 1.807) is 0 Å². The second kappa shape index (κ2) is 14.6. The first kappa shape index (κ1) is 25.2. The molecule has 0 atom stereocenters. The van der Waals surface area contributed by atoms with Gasteiger partial charge in [0.1, 0.15) is 11.5 Å². The minimum atomic E-state index is -0.126. The molecule has 0 saturated heterocycles. The largest absolute Gasteiger partial charge is 0.494 e. The highest BCUT2D eigenvalue weighted by atomic mass is 16.5. The van der Waals surface area contributed by atoms with Gasteiger partial charge in [0, 0.05) is 11.8 Å². The van der Waals surface area contributed by atoms with Crippen LogP contribution >= 0.6 is 0 Å².